The minimum absolute atomic E-state index is 0.0567. The van der Waals surface area contributed by atoms with E-state index in [2.05, 4.69) is 39.9 Å². The average Bonchev–Trinajstić information content (AvgIpc) is 2.02. The van der Waals surface area contributed by atoms with Crippen molar-refractivity contribution < 1.29 is 5.11 Å². The zero-order valence-electron chi connectivity index (χ0n) is 9.78. The molecule has 0 spiro atoms. The fraction of sp³-hybridized carbons (Fsp3) is 1.00. The molecule has 0 aromatic rings. The third kappa shape index (κ3) is 6.05. The van der Waals surface area contributed by atoms with Gasteiger partial charge in [0, 0.05) is 18.7 Å². The quantitative estimate of drug-likeness (QED) is 0.668. The molecule has 2 N–H and O–H groups in total. The van der Waals surface area contributed by atoms with E-state index in [1.807, 2.05) is 0 Å². The molecule has 0 radical (unpaired) electrons. The van der Waals surface area contributed by atoms with Crippen LogP contribution in [0.4, 0.5) is 0 Å². The highest BCUT2D eigenvalue weighted by molar-refractivity contribution is 4.80. The summed E-state index contributed by atoms with van der Waals surface area (Å²) >= 11 is 0. The molecule has 2 heteroatoms. The molecule has 2 nitrogen and oxygen atoms in total. The van der Waals surface area contributed by atoms with Gasteiger partial charge in [0.15, 0.2) is 0 Å². The Morgan fingerprint density at radius 1 is 1.15 bits per heavy atom. The molecule has 0 amide bonds. The van der Waals surface area contributed by atoms with Crippen LogP contribution in [0.25, 0.3) is 0 Å². The summed E-state index contributed by atoms with van der Waals surface area (Å²) in [6, 6.07) is 0. The summed E-state index contributed by atoms with van der Waals surface area (Å²) in [5, 5.41) is 12.3. The molecule has 0 aliphatic heterocycles. The van der Waals surface area contributed by atoms with Crippen LogP contribution in [-0.2, 0) is 0 Å². The van der Waals surface area contributed by atoms with Gasteiger partial charge in [0.2, 0.25) is 0 Å². The first-order chi connectivity index (χ1) is 5.83. The van der Waals surface area contributed by atoms with Crippen LogP contribution in [0, 0.1) is 5.41 Å². The maximum Gasteiger partial charge on any atom is 0.0448 e. The molecule has 0 aromatic carbocycles. The van der Waals surface area contributed by atoms with Crippen molar-refractivity contribution in [3.05, 3.63) is 0 Å². The summed E-state index contributed by atoms with van der Waals surface area (Å²) < 4.78 is 0. The maximum atomic E-state index is 8.85. The van der Waals surface area contributed by atoms with E-state index >= 15 is 0 Å². The van der Waals surface area contributed by atoms with E-state index in [-0.39, 0.29) is 12.1 Å². The Balaban J connectivity index is 3.86. The topological polar surface area (TPSA) is 32.3 Å². The lowest BCUT2D eigenvalue weighted by Crippen LogP contribution is -2.44. The first kappa shape index (κ1) is 12.9. The molecule has 0 rings (SSSR count). The SMILES string of the molecule is CCC(C)(C)CNC(C)(C)CCO. The van der Waals surface area contributed by atoms with Gasteiger partial charge in [-0.05, 0) is 32.1 Å². The van der Waals surface area contributed by atoms with Crippen molar-refractivity contribution in [2.75, 3.05) is 13.2 Å². The zero-order chi connectivity index (χ0) is 10.5. The molecule has 0 aromatic heterocycles. The number of hydrogen-bond acceptors (Lipinski definition) is 2. The Morgan fingerprint density at radius 2 is 1.69 bits per heavy atom. The van der Waals surface area contributed by atoms with Gasteiger partial charge >= 0.3 is 0 Å². The van der Waals surface area contributed by atoms with Gasteiger partial charge in [0.25, 0.3) is 0 Å². The van der Waals surface area contributed by atoms with E-state index in [0.29, 0.717) is 5.41 Å². The van der Waals surface area contributed by atoms with Crippen LogP contribution in [0.5, 0.6) is 0 Å². The molecule has 0 fully saturated rings. The van der Waals surface area contributed by atoms with Crippen LogP contribution in [0.2, 0.25) is 0 Å². The monoisotopic (exact) mass is 187 g/mol. The van der Waals surface area contributed by atoms with Gasteiger partial charge in [0.1, 0.15) is 0 Å². The van der Waals surface area contributed by atoms with E-state index in [1.54, 1.807) is 0 Å². The molecule has 0 bridgehead atoms. The van der Waals surface area contributed by atoms with Crippen LogP contribution >= 0.6 is 0 Å². The Bertz CT molecular complexity index is 141. The van der Waals surface area contributed by atoms with E-state index in [9.17, 15) is 0 Å². The van der Waals surface area contributed by atoms with Gasteiger partial charge in [-0.1, -0.05) is 20.8 Å². The van der Waals surface area contributed by atoms with Crippen LogP contribution in [0.3, 0.4) is 0 Å². The van der Waals surface area contributed by atoms with E-state index in [0.717, 1.165) is 13.0 Å². The molecule has 0 saturated heterocycles. The largest absolute Gasteiger partial charge is 0.396 e. The fourth-order valence-corrected chi connectivity index (χ4v) is 0.971. The second-order valence-corrected chi connectivity index (χ2v) is 5.23. The molecular weight excluding hydrogens is 162 g/mol. The first-order valence-corrected chi connectivity index (χ1v) is 5.19. The van der Waals surface area contributed by atoms with Gasteiger partial charge < -0.3 is 10.4 Å². The van der Waals surface area contributed by atoms with Gasteiger partial charge in [0.05, 0.1) is 0 Å². The minimum atomic E-state index is 0.0567. The molecule has 80 valence electrons. The van der Waals surface area contributed by atoms with E-state index < -0.39 is 0 Å². The first-order valence-electron chi connectivity index (χ1n) is 5.19. The Kier molecular flexibility index (Phi) is 4.93. The van der Waals surface area contributed by atoms with Crippen molar-refractivity contribution in [2.24, 2.45) is 5.41 Å². The Labute approximate surface area is 82.7 Å². The lowest BCUT2D eigenvalue weighted by molar-refractivity contribution is 0.209. The van der Waals surface area contributed by atoms with Crippen LogP contribution in [0.15, 0.2) is 0 Å². The third-order valence-electron chi connectivity index (χ3n) is 2.74. The summed E-state index contributed by atoms with van der Waals surface area (Å²) in [5.41, 5.74) is 0.411. The van der Waals surface area contributed by atoms with Crippen molar-refractivity contribution in [3.8, 4) is 0 Å². The minimum Gasteiger partial charge on any atom is -0.396 e. The van der Waals surface area contributed by atoms with Crippen molar-refractivity contribution in [3.63, 3.8) is 0 Å². The van der Waals surface area contributed by atoms with Gasteiger partial charge in [-0.25, -0.2) is 0 Å². The lowest BCUT2D eigenvalue weighted by Gasteiger charge is -2.31. The third-order valence-corrected chi connectivity index (χ3v) is 2.74. The summed E-state index contributed by atoms with van der Waals surface area (Å²) in [6.07, 6.45) is 1.99. The van der Waals surface area contributed by atoms with Crippen molar-refractivity contribution in [2.45, 2.75) is 53.0 Å². The maximum absolute atomic E-state index is 8.85. The highest BCUT2D eigenvalue weighted by atomic mass is 16.3. The summed E-state index contributed by atoms with van der Waals surface area (Å²) in [7, 11) is 0. The highest BCUT2D eigenvalue weighted by Crippen LogP contribution is 2.19. The molecule has 0 saturated carbocycles. The number of rotatable bonds is 6. The van der Waals surface area contributed by atoms with Crippen molar-refractivity contribution in [1.29, 1.82) is 0 Å². The molecule has 0 atom stereocenters. The second kappa shape index (κ2) is 4.97. The Morgan fingerprint density at radius 3 is 2.08 bits per heavy atom. The second-order valence-electron chi connectivity index (χ2n) is 5.23. The zero-order valence-corrected chi connectivity index (χ0v) is 9.78. The van der Waals surface area contributed by atoms with Crippen LogP contribution in [-0.4, -0.2) is 23.8 Å². The highest BCUT2D eigenvalue weighted by Gasteiger charge is 2.21. The lowest BCUT2D eigenvalue weighted by atomic mass is 9.88. The van der Waals surface area contributed by atoms with Crippen LogP contribution < -0.4 is 5.32 Å². The standard InChI is InChI=1S/C11H25NO/c1-6-10(2,3)9-12-11(4,5)7-8-13/h12-13H,6-9H2,1-5H3. The summed E-state index contributed by atoms with van der Waals surface area (Å²) in [6.45, 7) is 12.3. The predicted octanol–water partition coefficient (Wildman–Crippen LogP) is 2.17. The molecule has 0 heterocycles. The normalized spacial score (nSPS) is 13.4. The predicted molar refractivity (Wildman–Crippen MR) is 57.9 cm³/mol. The number of aliphatic hydroxyl groups excluding tert-OH is 1. The van der Waals surface area contributed by atoms with Gasteiger partial charge in [-0.3, -0.25) is 0 Å². The van der Waals surface area contributed by atoms with Crippen LogP contribution in [0.1, 0.15) is 47.5 Å². The van der Waals surface area contributed by atoms with Gasteiger partial charge in [-0.15, -0.1) is 0 Å². The van der Waals surface area contributed by atoms with E-state index in [1.165, 1.54) is 6.42 Å². The number of hydrogen-bond donors (Lipinski definition) is 2. The fourth-order valence-electron chi connectivity index (χ4n) is 0.971. The molecule has 0 unspecified atom stereocenters. The van der Waals surface area contributed by atoms with E-state index in [4.69, 9.17) is 5.11 Å². The van der Waals surface area contributed by atoms with Crippen molar-refractivity contribution >= 4 is 0 Å². The number of nitrogens with one attached hydrogen (secondary N) is 1. The Hall–Kier alpha value is -0.0800. The molecule has 0 aliphatic carbocycles. The summed E-state index contributed by atoms with van der Waals surface area (Å²) in [5.74, 6) is 0. The molecular formula is C11H25NO. The molecule has 13 heavy (non-hydrogen) atoms. The number of aliphatic hydroxyl groups is 1. The smallest absolute Gasteiger partial charge is 0.0448 e. The molecule has 0 aliphatic rings. The summed E-state index contributed by atoms with van der Waals surface area (Å²) in [4.78, 5) is 0. The average molecular weight is 187 g/mol. The van der Waals surface area contributed by atoms with Gasteiger partial charge in [-0.2, -0.15) is 0 Å². The van der Waals surface area contributed by atoms with Crippen molar-refractivity contribution in [1.82, 2.24) is 5.32 Å².